The maximum absolute atomic E-state index is 6.03. The van der Waals surface area contributed by atoms with Crippen molar-refractivity contribution in [2.45, 2.75) is 13.0 Å². The summed E-state index contributed by atoms with van der Waals surface area (Å²) in [6, 6.07) is 7.82. The van der Waals surface area contributed by atoms with Gasteiger partial charge in [0.25, 0.3) is 0 Å². The molecule has 0 aliphatic heterocycles. The van der Waals surface area contributed by atoms with Crippen molar-refractivity contribution in [1.82, 2.24) is 4.98 Å². The lowest BCUT2D eigenvalue weighted by Gasteiger charge is -2.09. The first-order valence-electron chi connectivity index (χ1n) is 4.49. The van der Waals surface area contributed by atoms with Crippen LogP contribution in [0.5, 0.6) is 0 Å². The van der Waals surface area contributed by atoms with Crippen LogP contribution in [0.2, 0.25) is 5.02 Å². The summed E-state index contributed by atoms with van der Waals surface area (Å²) in [6.07, 6.45) is 1.66. The summed E-state index contributed by atoms with van der Waals surface area (Å²) >= 11 is 6.03. The Morgan fingerprint density at radius 3 is 2.47 bits per heavy atom. The fourth-order valence-electron chi connectivity index (χ4n) is 1.54. The topological polar surface area (TPSA) is 38.9 Å². The molecule has 1 aromatic carbocycles. The van der Waals surface area contributed by atoms with Gasteiger partial charge in [-0.1, -0.05) is 35.9 Å². The largest absolute Gasteiger partial charge is 0.323 e. The van der Waals surface area contributed by atoms with Crippen molar-refractivity contribution in [1.29, 1.82) is 0 Å². The Balaban J connectivity index is 0.00000112. The number of rotatable bonds is 1. The Kier molecular flexibility index (Phi) is 3.91. The highest BCUT2D eigenvalue weighted by Gasteiger charge is 2.08. The molecule has 0 amide bonds. The summed E-state index contributed by atoms with van der Waals surface area (Å²) in [5.41, 5.74) is 6.72. The van der Waals surface area contributed by atoms with Gasteiger partial charge in [-0.25, -0.2) is 0 Å². The van der Waals surface area contributed by atoms with E-state index in [2.05, 4.69) is 4.98 Å². The minimum Gasteiger partial charge on any atom is -0.323 e. The second-order valence-corrected chi connectivity index (χ2v) is 3.73. The van der Waals surface area contributed by atoms with E-state index >= 15 is 0 Å². The second-order valence-electron chi connectivity index (χ2n) is 3.33. The number of nitrogens with two attached hydrogens (primary N) is 1. The molecule has 0 aliphatic rings. The second kappa shape index (κ2) is 4.79. The van der Waals surface area contributed by atoms with Gasteiger partial charge in [0.05, 0.1) is 10.7 Å². The van der Waals surface area contributed by atoms with Gasteiger partial charge in [0.2, 0.25) is 0 Å². The molecule has 1 aromatic heterocycles. The number of benzene rings is 1. The number of halogens is 2. The quantitative estimate of drug-likeness (QED) is 0.834. The van der Waals surface area contributed by atoms with Crippen LogP contribution in [-0.2, 0) is 0 Å². The smallest absolute Gasteiger partial charge is 0.0667 e. The average molecular weight is 243 g/mol. The fourth-order valence-corrected chi connectivity index (χ4v) is 1.76. The number of aromatic nitrogens is 1. The molecule has 15 heavy (non-hydrogen) atoms. The first-order valence-corrected chi connectivity index (χ1v) is 4.86. The van der Waals surface area contributed by atoms with Crippen LogP contribution >= 0.6 is 24.0 Å². The van der Waals surface area contributed by atoms with Crippen LogP contribution in [0.1, 0.15) is 18.7 Å². The van der Waals surface area contributed by atoms with Crippen LogP contribution in [0.3, 0.4) is 0 Å². The van der Waals surface area contributed by atoms with Crippen LogP contribution in [0.4, 0.5) is 0 Å². The van der Waals surface area contributed by atoms with E-state index in [4.69, 9.17) is 17.3 Å². The molecule has 2 nitrogen and oxygen atoms in total. The number of hydrogen-bond acceptors (Lipinski definition) is 2. The molecule has 2 rings (SSSR count). The third kappa shape index (κ3) is 2.23. The van der Waals surface area contributed by atoms with Gasteiger partial charge in [-0.2, -0.15) is 0 Å². The van der Waals surface area contributed by atoms with Crippen molar-refractivity contribution in [3.8, 4) is 0 Å². The number of fused-ring (bicyclic) bond motifs is 1. The maximum Gasteiger partial charge on any atom is 0.0667 e. The van der Waals surface area contributed by atoms with Gasteiger partial charge >= 0.3 is 0 Å². The molecule has 0 fully saturated rings. The lowest BCUT2D eigenvalue weighted by Crippen LogP contribution is -2.07. The van der Waals surface area contributed by atoms with Gasteiger partial charge in [0, 0.05) is 23.0 Å². The average Bonchev–Trinajstić information content (AvgIpc) is 2.18. The Morgan fingerprint density at radius 2 is 1.87 bits per heavy atom. The molecule has 2 aromatic rings. The molecule has 0 saturated carbocycles. The first-order chi connectivity index (χ1) is 6.70. The Bertz CT molecular complexity index is 469. The Hall–Kier alpha value is -0.830. The van der Waals surface area contributed by atoms with Gasteiger partial charge in [-0.05, 0) is 6.92 Å². The Labute approximate surface area is 99.9 Å². The van der Waals surface area contributed by atoms with Crippen molar-refractivity contribution in [3.63, 3.8) is 0 Å². The van der Waals surface area contributed by atoms with Crippen LogP contribution < -0.4 is 5.73 Å². The molecule has 1 heterocycles. The molecule has 0 radical (unpaired) electrons. The van der Waals surface area contributed by atoms with Crippen LogP contribution in [0.15, 0.2) is 30.5 Å². The molecule has 1 unspecified atom stereocenters. The van der Waals surface area contributed by atoms with E-state index < -0.39 is 0 Å². The maximum atomic E-state index is 6.03. The summed E-state index contributed by atoms with van der Waals surface area (Å²) in [7, 11) is 0. The highest BCUT2D eigenvalue weighted by atomic mass is 35.5. The zero-order chi connectivity index (χ0) is 10.1. The van der Waals surface area contributed by atoms with E-state index in [-0.39, 0.29) is 18.4 Å². The lowest BCUT2D eigenvalue weighted by molar-refractivity contribution is 0.791. The van der Waals surface area contributed by atoms with Crippen molar-refractivity contribution < 1.29 is 0 Å². The highest BCUT2D eigenvalue weighted by Crippen LogP contribution is 2.26. The predicted molar refractivity (Wildman–Crippen MR) is 66.6 cm³/mol. The van der Waals surface area contributed by atoms with Crippen molar-refractivity contribution in [2.24, 2.45) is 5.73 Å². The zero-order valence-corrected chi connectivity index (χ0v) is 9.85. The molecule has 4 heteroatoms. The van der Waals surface area contributed by atoms with Crippen LogP contribution in [0.25, 0.3) is 10.8 Å². The number of nitrogens with zero attached hydrogens (tertiary/aromatic N) is 1. The van der Waals surface area contributed by atoms with E-state index in [0.29, 0.717) is 5.02 Å². The minimum atomic E-state index is -0.0721. The van der Waals surface area contributed by atoms with Gasteiger partial charge in [0.15, 0.2) is 0 Å². The lowest BCUT2D eigenvalue weighted by atomic mass is 10.1. The van der Waals surface area contributed by atoms with E-state index in [1.807, 2.05) is 31.2 Å². The van der Waals surface area contributed by atoms with E-state index in [1.165, 1.54) is 0 Å². The predicted octanol–water partition coefficient (Wildman–Crippen LogP) is 3.33. The molecule has 80 valence electrons. The minimum absolute atomic E-state index is 0. The normalized spacial score (nSPS) is 12.2. The molecular weight excluding hydrogens is 231 g/mol. The molecule has 0 spiro atoms. The zero-order valence-electron chi connectivity index (χ0n) is 8.27. The third-order valence-corrected chi connectivity index (χ3v) is 2.51. The molecule has 0 bridgehead atoms. The standard InChI is InChI=1S/C11H11ClN2.ClH/c1-7(13)11-9-5-3-2-4-8(9)10(12)6-14-11;/h2-7H,13H2,1H3;1H. The van der Waals surface area contributed by atoms with Gasteiger partial charge in [-0.15, -0.1) is 12.4 Å². The molecular formula is C11H12Cl2N2. The molecule has 1 atom stereocenters. The van der Waals surface area contributed by atoms with Crippen LogP contribution in [-0.4, -0.2) is 4.98 Å². The number of hydrogen-bond donors (Lipinski definition) is 1. The molecule has 2 N–H and O–H groups in total. The van der Waals surface area contributed by atoms with Gasteiger partial charge in [0.1, 0.15) is 0 Å². The Morgan fingerprint density at radius 1 is 1.27 bits per heavy atom. The van der Waals surface area contributed by atoms with Crippen LogP contribution in [0, 0.1) is 0 Å². The van der Waals surface area contributed by atoms with E-state index in [1.54, 1.807) is 6.20 Å². The third-order valence-electron chi connectivity index (χ3n) is 2.21. The monoisotopic (exact) mass is 242 g/mol. The SMILES string of the molecule is CC(N)c1ncc(Cl)c2ccccc12.Cl. The highest BCUT2D eigenvalue weighted by molar-refractivity contribution is 6.35. The van der Waals surface area contributed by atoms with Gasteiger partial charge in [-0.3, -0.25) is 4.98 Å². The van der Waals surface area contributed by atoms with Crippen molar-refractivity contribution >= 4 is 34.8 Å². The number of pyridine rings is 1. The van der Waals surface area contributed by atoms with E-state index in [9.17, 15) is 0 Å². The van der Waals surface area contributed by atoms with Gasteiger partial charge < -0.3 is 5.73 Å². The van der Waals surface area contributed by atoms with E-state index in [0.717, 1.165) is 16.5 Å². The molecule has 0 saturated heterocycles. The summed E-state index contributed by atoms with van der Waals surface area (Å²) < 4.78 is 0. The summed E-state index contributed by atoms with van der Waals surface area (Å²) in [5, 5.41) is 2.72. The summed E-state index contributed by atoms with van der Waals surface area (Å²) in [5.74, 6) is 0. The summed E-state index contributed by atoms with van der Waals surface area (Å²) in [6.45, 7) is 1.92. The first kappa shape index (κ1) is 12.2. The summed E-state index contributed by atoms with van der Waals surface area (Å²) in [4.78, 5) is 4.25. The molecule has 0 aliphatic carbocycles. The van der Waals surface area contributed by atoms with Crippen molar-refractivity contribution in [3.05, 3.63) is 41.2 Å². The van der Waals surface area contributed by atoms with Crippen molar-refractivity contribution in [2.75, 3.05) is 0 Å². The fraction of sp³-hybridized carbons (Fsp3) is 0.182.